The van der Waals surface area contributed by atoms with Gasteiger partial charge in [-0.05, 0) is 18.4 Å². The van der Waals surface area contributed by atoms with Gasteiger partial charge in [0.2, 0.25) is 5.76 Å². The van der Waals surface area contributed by atoms with Gasteiger partial charge in [0.05, 0.1) is 5.02 Å². The van der Waals surface area contributed by atoms with E-state index >= 15 is 0 Å². The number of carbonyl (C=O) groups is 1. The van der Waals surface area contributed by atoms with E-state index in [1.807, 2.05) is 18.2 Å². The molecule has 0 unspecified atom stereocenters. The van der Waals surface area contributed by atoms with Gasteiger partial charge < -0.3 is 14.7 Å². The minimum atomic E-state index is -0.314. The smallest absolute Gasteiger partial charge is 0.289 e. The van der Waals surface area contributed by atoms with Gasteiger partial charge in [0, 0.05) is 31.3 Å². The summed E-state index contributed by atoms with van der Waals surface area (Å²) in [7, 11) is 0. The maximum atomic E-state index is 12.1. The fourth-order valence-electron chi connectivity index (χ4n) is 2.59. The number of nitrogens with one attached hydrogen (secondary N) is 1. The Morgan fingerprint density at radius 3 is 3.09 bits per heavy atom. The third-order valence-electron chi connectivity index (χ3n) is 3.86. The van der Waals surface area contributed by atoms with Crippen molar-refractivity contribution in [2.45, 2.75) is 6.42 Å². The summed E-state index contributed by atoms with van der Waals surface area (Å²) in [5.74, 6) is 0.117. The summed E-state index contributed by atoms with van der Waals surface area (Å²) in [6.45, 7) is 1.94. The molecule has 1 atom stereocenters. The second kappa shape index (κ2) is 6.71. The third kappa shape index (κ3) is 3.46. The lowest BCUT2D eigenvalue weighted by Crippen LogP contribution is -2.30. The SMILES string of the molecule is N#CN1CC[C@H](CNC(=O)c2cc(-c3ccccc3Cl)no2)C1. The predicted molar refractivity (Wildman–Crippen MR) is 84.6 cm³/mol. The minimum absolute atomic E-state index is 0.148. The van der Waals surface area contributed by atoms with Crippen molar-refractivity contribution in [1.29, 1.82) is 5.26 Å². The van der Waals surface area contributed by atoms with E-state index in [0.29, 0.717) is 23.8 Å². The van der Waals surface area contributed by atoms with Crippen LogP contribution in [0.3, 0.4) is 0 Å². The number of nitrogens with zero attached hydrogens (tertiary/aromatic N) is 3. The van der Waals surface area contributed by atoms with Crippen LogP contribution in [0.5, 0.6) is 0 Å². The molecule has 1 fully saturated rings. The molecule has 6 nitrogen and oxygen atoms in total. The zero-order chi connectivity index (χ0) is 16.2. The molecule has 1 aromatic carbocycles. The first-order chi connectivity index (χ1) is 11.2. The van der Waals surface area contributed by atoms with Crippen LogP contribution < -0.4 is 5.32 Å². The van der Waals surface area contributed by atoms with Crippen molar-refractivity contribution in [3.63, 3.8) is 0 Å². The molecule has 0 saturated carbocycles. The molecule has 1 aliphatic rings. The number of amides is 1. The number of likely N-dealkylation sites (tertiary alicyclic amines) is 1. The summed E-state index contributed by atoms with van der Waals surface area (Å²) < 4.78 is 5.11. The van der Waals surface area contributed by atoms with E-state index in [9.17, 15) is 4.79 Å². The fourth-order valence-corrected chi connectivity index (χ4v) is 2.82. The van der Waals surface area contributed by atoms with Crippen LogP contribution >= 0.6 is 11.6 Å². The van der Waals surface area contributed by atoms with Crippen LogP contribution in [0.1, 0.15) is 17.0 Å². The van der Waals surface area contributed by atoms with Crippen molar-refractivity contribution in [3.05, 3.63) is 41.1 Å². The molecule has 0 aliphatic carbocycles. The van der Waals surface area contributed by atoms with Gasteiger partial charge in [-0.1, -0.05) is 35.0 Å². The number of rotatable bonds is 4. The second-order valence-corrected chi connectivity index (χ2v) is 5.87. The average molecular weight is 331 g/mol. The largest absolute Gasteiger partial charge is 0.350 e. The van der Waals surface area contributed by atoms with E-state index in [0.717, 1.165) is 18.5 Å². The maximum absolute atomic E-state index is 12.1. The Bertz CT molecular complexity index is 753. The maximum Gasteiger partial charge on any atom is 0.289 e. The van der Waals surface area contributed by atoms with E-state index in [1.165, 1.54) is 0 Å². The van der Waals surface area contributed by atoms with Crippen LogP contribution in [-0.2, 0) is 0 Å². The molecule has 0 radical (unpaired) electrons. The number of hydrogen-bond acceptors (Lipinski definition) is 5. The summed E-state index contributed by atoms with van der Waals surface area (Å²) in [6, 6.07) is 8.82. The van der Waals surface area contributed by atoms with Crippen molar-refractivity contribution in [1.82, 2.24) is 15.4 Å². The van der Waals surface area contributed by atoms with Gasteiger partial charge in [-0.15, -0.1) is 0 Å². The summed E-state index contributed by atoms with van der Waals surface area (Å²) in [5, 5.41) is 16.1. The molecule has 7 heteroatoms. The molecule has 0 bridgehead atoms. The number of carbonyl (C=O) groups excluding carboxylic acids is 1. The first-order valence-corrected chi connectivity index (χ1v) is 7.69. The molecule has 2 aromatic rings. The highest BCUT2D eigenvalue weighted by molar-refractivity contribution is 6.33. The Balaban J connectivity index is 1.61. The van der Waals surface area contributed by atoms with Gasteiger partial charge in [-0.25, -0.2) is 0 Å². The molecule has 1 aliphatic heterocycles. The Kier molecular flexibility index (Phi) is 4.49. The van der Waals surface area contributed by atoms with Crippen molar-refractivity contribution in [2.24, 2.45) is 5.92 Å². The fraction of sp³-hybridized carbons (Fsp3) is 0.312. The van der Waals surface area contributed by atoms with Crippen molar-refractivity contribution in [2.75, 3.05) is 19.6 Å². The molecular weight excluding hydrogens is 316 g/mol. The number of aromatic nitrogens is 1. The molecule has 1 saturated heterocycles. The highest BCUT2D eigenvalue weighted by atomic mass is 35.5. The highest BCUT2D eigenvalue weighted by Gasteiger charge is 2.23. The molecule has 3 rings (SSSR count). The van der Waals surface area contributed by atoms with Crippen LogP contribution in [0.25, 0.3) is 11.3 Å². The van der Waals surface area contributed by atoms with E-state index in [2.05, 4.69) is 16.7 Å². The van der Waals surface area contributed by atoms with Gasteiger partial charge in [-0.3, -0.25) is 4.79 Å². The molecule has 1 aromatic heterocycles. The summed E-state index contributed by atoms with van der Waals surface area (Å²) >= 11 is 6.11. The van der Waals surface area contributed by atoms with Gasteiger partial charge in [-0.2, -0.15) is 5.26 Å². The lowest BCUT2D eigenvalue weighted by Gasteiger charge is -2.09. The van der Waals surface area contributed by atoms with Gasteiger partial charge in [0.1, 0.15) is 5.69 Å². The van der Waals surface area contributed by atoms with Gasteiger partial charge in [0.25, 0.3) is 5.91 Å². The van der Waals surface area contributed by atoms with Crippen LogP contribution in [0.15, 0.2) is 34.9 Å². The monoisotopic (exact) mass is 330 g/mol. The quantitative estimate of drug-likeness (QED) is 0.871. The van der Waals surface area contributed by atoms with Gasteiger partial charge in [0.15, 0.2) is 6.19 Å². The molecular formula is C16H15ClN4O2. The number of nitriles is 1. The van der Waals surface area contributed by atoms with Crippen molar-refractivity contribution in [3.8, 4) is 17.5 Å². The predicted octanol–water partition coefficient (Wildman–Crippen LogP) is 2.53. The molecule has 2 heterocycles. The first kappa shape index (κ1) is 15.4. The normalized spacial score (nSPS) is 17.0. The summed E-state index contributed by atoms with van der Waals surface area (Å²) in [6.07, 6.45) is 3.02. The Morgan fingerprint density at radius 1 is 1.52 bits per heavy atom. The Labute approximate surface area is 138 Å². The number of halogens is 1. The number of hydrogen-bond donors (Lipinski definition) is 1. The topological polar surface area (TPSA) is 82.2 Å². The molecule has 118 valence electrons. The standard InChI is InChI=1S/C16H15ClN4O2/c17-13-4-2-1-3-12(13)14-7-15(23-20-14)16(22)19-8-11-5-6-21(9-11)10-18/h1-4,7,11H,5-6,8-9H2,(H,19,22)/t11-/m1/s1. The molecule has 0 spiro atoms. The minimum Gasteiger partial charge on any atom is -0.350 e. The third-order valence-corrected chi connectivity index (χ3v) is 4.19. The van der Waals surface area contributed by atoms with E-state index < -0.39 is 0 Å². The first-order valence-electron chi connectivity index (χ1n) is 7.32. The summed E-state index contributed by atoms with van der Waals surface area (Å²) in [4.78, 5) is 13.8. The van der Waals surface area contributed by atoms with E-state index in [1.54, 1.807) is 17.0 Å². The van der Waals surface area contributed by atoms with Crippen LogP contribution in [0, 0.1) is 17.4 Å². The highest BCUT2D eigenvalue weighted by Crippen LogP contribution is 2.27. The zero-order valence-electron chi connectivity index (χ0n) is 12.3. The zero-order valence-corrected chi connectivity index (χ0v) is 13.1. The average Bonchev–Trinajstić information content (AvgIpc) is 3.22. The number of benzene rings is 1. The van der Waals surface area contributed by atoms with Crippen molar-refractivity contribution >= 4 is 17.5 Å². The van der Waals surface area contributed by atoms with Crippen LogP contribution in [-0.4, -0.2) is 35.6 Å². The van der Waals surface area contributed by atoms with Crippen LogP contribution in [0.2, 0.25) is 5.02 Å². The molecule has 23 heavy (non-hydrogen) atoms. The Morgan fingerprint density at radius 2 is 2.35 bits per heavy atom. The lowest BCUT2D eigenvalue weighted by molar-refractivity contribution is 0.0911. The van der Waals surface area contributed by atoms with E-state index in [4.69, 9.17) is 21.4 Å². The molecule has 1 amide bonds. The van der Waals surface area contributed by atoms with Gasteiger partial charge >= 0.3 is 0 Å². The summed E-state index contributed by atoms with van der Waals surface area (Å²) in [5.41, 5.74) is 1.25. The van der Waals surface area contributed by atoms with E-state index in [-0.39, 0.29) is 17.6 Å². The molecule has 1 N–H and O–H groups in total. The van der Waals surface area contributed by atoms with Crippen LogP contribution in [0.4, 0.5) is 0 Å². The second-order valence-electron chi connectivity index (χ2n) is 5.47. The lowest BCUT2D eigenvalue weighted by atomic mass is 10.1. The Hall–Kier alpha value is -2.52. The van der Waals surface area contributed by atoms with Crippen molar-refractivity contribution < 1.29 is 9.32 Å².